The first-order valence-electron chi connectivity index (χ1n) is 8.93. The van der Waals surface area contributed by atoms with Crippen LogP contribution in [0.1, 0.15) is 11.1 Å². The summed E-state index contributed by atoms with van der Waals surface area (Å²) < 4.78 is 5.66. The number of fused-ring (bicyclic) bond motifs is 1. The summed E-state index contributed by atoms with van der Waals surface area (Å²) in [6, 6.07) is 18.3. The van der Waals surface area contributed by atoms with Gasteiger partial charge in [-0.15, -0.1) is 0 Å². The minimum Gasteiger partial charge on any atom is -0.493 e. The average molecular weight is 372 g/mol. The number of pyridine rings is 1. The minimum absolute atomic E-state index is 0.113. The van der Waals surface area contributed by atoms with Crippen LogP contribution in [0.15, 0.2) is 67.0 Å². The maximum absolute atomic E-state index is 10.0. The van der Waals surface area contributed by atoms with Crippen molar-refractivity contribution >= 4 is 22.3 Å². The lowest BCUT2D eigenvalue weighted by atomic mass is 10.1. The topological polar surface area (TPSA) is 71.4 Å². The van der Waals surface area contributed by atoms with Crippen LogP contribution in [-0.4, -0.2) is 27.1 Å². The highest BCUT2D eigenvalue weighted by Gasteiger charge is 2.08. The van der Waals surface area contributed by atoms with Crippen molar-refractivity contribution in [3.05, 3.63) is 78.1 Å². The van der Waals surface area contributed by atoms with Crippen LogP contribution in [-0.2, 0) is 6.61 Å². The van der Waals surface area contributed by atoms with Gasteiger partial charge in [0.15, 0.2) is 0 Å². The molecule has 0 unspecified atom stereocenters. The Bertz CT molecular complexity index is 1100. The lowest BCUT2D eigenvalue weighted by Crippen LogP contribution is -2.09. The molecule has 0 saturated heterocycles. The minimum atomic E-state index is -0.113. The Labute approximate surface area is 163 Å². The van der Waals surface area contributed by atoms with E-state index in [0.29, 0.717) is 17.5 Å². The van der Waals surface area contributed by atoms with Gasteiger partial charge in [0.2, 0.25) is 5.88 Å². The van der Waals surface area contributed by atoms with Gasteiger partial charge in [-0.05, 0) is 42.8 Å². The fourth-order valence-corrected chi connectivity index (χ4v) is 2.89. The summed E-state index contributed by atoms with van der Waals surface area (Å²) in [5.41, 5.74) is 4.97. The summed E-state index contributed by atoms with van der Waals surface area (Å²) in [6.45, 7) is 2.38. The van der Waals surface area contributed by atoms with Crippen molar-refractivity contribution in [1.82, 2.24) is 15.0 Å². The molecule has 0 spiro atoms. The first-order chi connectivity index (χ1) is 13.6. The van der Waals surface area contributed by atoms with Crippen molar-refractivity contribution in [3.63, 3.8) is 0 Å². The number of benzene rings is 2. The third kappa shape index (κ3) is 3.71. The van der Waals surface area contributed by atoms with Gasteiger partial charge in [-0.2, -0.15) is 9.97 Å². The predicted octanol–water partition coefficient (Wildman–Crippen LogP) is 4.39. The Kier molecular flexibility index (Phi) is 4.76. The molecule has 0 atom stereocenters. The molecule has 2 aromatic heterocycles. The number of anilines is 2. The molecular weight excluding hydrogens is 352 g/mol. The lowest BCUT2D eigenvalue weighted by molar-refractivity contribution is 0.277. The second-order valence-electron chi connectivity index (χ2n) is 6.57. The monoisotopic (exact) mass is 372 g/mol. The number of aromatic hydroxyl groups is 1. The fraction of sp³-hybridized carbons (Fsp3) is 0.136. The number of hydrogen-bond acceptors (Lipinski definition) is 6. The highest BCUT2D eigenvalue weighted by Crippen LogP contribution is 2.25. The maximum Gasteiger partial charge on any atom is 0.320 e. The SMILES string of the molecule is Cc1ccc(N(C)c2ccc(COc3nc(O)c4ccncc4n3)cc2)cc1. The summed E-state index contributed by atoms with van der Waals surface area (Å²) in [6.07, 6.45) is 3.15. The number of rotatable bonds is 5. The van der Waals surface area contributed by atoms with Crippen molar-refractivity contribution in [2.24, 2.45) is 0 Å². The van der Waals surface area contributed by atoms with Crippen LogP contribution in [0.5, 0.6) is 11.9 Å². The van der Waals surface area contributed by atoms with Gasteiger partial charge in [0.25, 0.3) is 0 Å². The number of nitrogens with zero attached hydrogens (tertiary/aromatic N) is 4. The normalized spacial score (nSPS) is 10.8. The van der Waals surface area contributed by atoms with Crippen LogP contribution in [0.2, 0.25) is 0 Å². The molecule has 140 valence electrons. The van der Waals surface area contributed by atoms with E-state index in [4.69, 9.17) is 4.74 Å². The third-order valence-corrected chi connectivity index (χ3v) is 4.57. The van der Waals surface area contributed by atoms with Crippen LogP contribution in [0.3, 0.4) is 0 Å². The second-order valence-corrected chi connectivity index (χ2v) is 6.57. The quantitative estimate of drug-likeness (QED) is 0.560. The van der Waals surface area contributed by atoms with E-state index < -0.39 is 0 Å². The number of ether oxygens (including phenoxy) is 1. The molecule has 0 aliphatic heterocycles. The second kappa shape index (κ2) is 7.52. The van der Waals surface area contributed by atoms with Crippen LogP contribution in [0, 0.1) is 6.92 Å². The number of aryl methyl sites for hydroxylation is 1. The van der Waals surface area contributed by atoms with E-state index in [1.807, 2.05) is 31.3 Å². The Morgan fingerprint density at radius 3 is 2.32 bits per heavy atom. The molecule has 0 fully saturated rings. The van der Waals surface area contributed by atoms with Crippen LogP contribution < -0.4 is 9.64 Å². The van der Waals surface area contributed by atoms with Gasteiger partial charge in [0, 0.05) is 24.6 Å². The third-order valence-electron chi connectivity index (χ3n) is 4.57. The molecule has 0 amide bonds. The molecule has 2 aromatic carbocycles. The van der Waals surface area contributed by atoms with E-state index in [1.54, 1.807) is 18.5 Å². The average Bonchev–Trinajstić information content (AvgIpc) is 2.73. The van der Waals surface area contributed by atoms with Gasteiger partial charge in [0.1, 0.15) is 6.61 Å². The molecule has 4 rings (SSSR count). The Morgan fingerprint density at radius 2 is 1.61 bits per heavy atom. The Balaban J connectivity index is 1.45. The molecule has 0 aliphatic carbocycles. The van der Waals surface area contributed by atoms with E-state index >= 15 is 0 Å². The van der Waals surface area contributed by atoms with Crippen LogP contribution in [0.4, 0.5) is 11.4 Å². The summed E-state index contributed by atoms with van der Waals surface area (Å²) in [5, 5.41) is 10.6. The van der Waals surface area contributed by atoms with Gasteiger partial charge in [-0.1, -0.05) is 29.8 Å². The van der Waals surface area contributed by atoms with E-state index in [9.17, 15) is 5.11 Å². The summed E-state index contributed by atoms with van der Waals surface area (Å²) in [7, 11) is 2.04. The van der Waals surface area contributed by atoms with E-state index in [2.05, 4.69) is 51.0 Å². The zero-order chi connectivity index (χ0) is 19.5. The van der Waals surface area contributed by atoms with E-state index in [1.165, 1.54) is 5.56 Å². The van der Waals surface area contributed by atoms with Crippen LogP contribution in [0.25, 0.3) is 10.9 Å². The van der Waals surface area contributed by atoms with Gasteiger partial charge in [0.05, 0.1) is 17.1 Å². The van der Waals surface area contributed by atoms with Crippen molar-refractivity contribution < 1.29 is 9.84 Å². The van der Waals surface area contributed by atoms with Crippen molar-refractivity contribution in [2.45, 2.75) is 13.5 Å². The number of hydrogen-bond donors (Lipinski definition) is 1. The van der Waals surface area contributed by atoms with Gasteiger partial charge in [-0.3, -0.25) is 4.98 Å². The molecule has 28 heavy (non-hydrogen) atoms. The molecule has 0 saturated carbocycles. The Hall–Kier alpha value is -3.67. The van der Waals surface area contributed by atoms with Gasteiger partial charge in [-0.25, -0.2) is 0 Å². The number of aromatic nitrogens is 3. The summed E-state index contributed by atoms with van der Waals surface area (Å²) in [5.74, 6) is -0.113. The largest absolute Gasteiger partial charge is 0.493 e. The molecule has 2 heterocycles. The molecule has 1 N–H and O–H groups in total. The van der Waals surface area contributed by atoms with Gasteiger partial charge >= 0.3 is 6.01 Å². The standard InChI is InChI=1S/C22H20N4O2/c1-15-3-7-17(8-4-15)26(2)18-9-5-16(6-10-18)14-28-22-24-20-13-23-12-11-19(20)21(27)25-22/h3-13H,14H2,1-2H3,(H,24,25,27). The molecule has 6 heteroatoms. The first-order valence-corrected chi connectivity index (χ1v) is 8.93. The van der Waals surface area contributed by atoms with Crippen molar-refractivity contribution in [2.75, 3.05) is 11.9 Å². The predicted molar refractivity (Wildman–Crippen MR) is 109 cm³/mol. The van der Waals surface area contributed by atoms with Crippen LogP contribution >= 0.6 is 0 Å². The Morgan fingerprint density at radius 1 is 0.929 bits per heavy atom. The van der Waals surface area contributed by atoms with Gasteiger partial charge < -0.3 is 14.7 Å². The summed E-state index contributed by atoms with van der Waals surface area (Å²) >= 11 is 0. The fourth-order valence-electron chi connectivity index (χ4n) is 2.89. The molecule has 0 aliphatic rings. The smallest absolute Gasteiger partial charge is 0.320 e. The lowest BCUT2D eigenvalue weighted by Gasteiger charge is -2.20. The highest BCUT2D eigenvalue weighted by atomic mass is 16.5. The molecule has 4 aromatic rings. The zero-order valence-corrected chi connectivity index (χ0v) is 15.7. The van der Waals surface area contributed by atoms with E-state index in [0.717, 1.165) is 16.9 Å². The zero-order valence-electron chi connectivity index (χ0n) is 15.7. The van der Waals surface area contributed by atoms with Crippen molar-refractivity contribution in [3.8, 4) is 11.9 Å². The summed E-state index contributed by atoms with van der Waals surface area (Å²) in [4.78, 5) is 14.4. The molecule has 6 nitrogen and oxygen atoms in total. The highest BCUT2D eigenvalue weighted by molar-refractivity contribution is 5.82. The maximum atomic E-state index is 10.0. The molecular formula is C22H20N4O2. The molecule has 0 bridgehead atoms. The first kappa shape index (κ1) is 17.7. The van der Waals surface area contributed by atoms with E-state index in [-0.39, 0.29) is 11.9 Å². The van der Waals surface area contributed by atoms with Crippen molar-refractivity contribution in [1.29, 1.82) is 0 Å². The molecule has 0 radical (unpaired) electrons.